The van der Waals surface area contributed by atoms with E-state index in [2.05, 4.69) is 10.1 Å². The molecule has 3 aromatic rings. The van der Waals surface area contributed by atoms with Crippen LogP contribution in [0.15, 0.2) is 32.8 Å². The van der Waals surface area contributed by atoms with Crippen molar-refractivity contribution in [1.82, 2.24) is 9.66 Å². The summed E-state index contributed by atoms with van der Waals surface area (Å²) in [6.45, 7) is 3.56. The molecule has 0 radical (unpaired) electrons. The van der Waals surface area contributed by atoms with Crippen LogP contribution in [0, 0.1) is 17.0 Å². The number of hydrogen-bond donors (Lipinski definition) is 0. The molecular formula is C15H12N4O6S. The normalized spacial score (nSPS) is 11.3. The van der Waals surface area contributed by atoms with E-state index in [9.17, 15) is 19.7 Å². The first-order valence-corrected chi connectivity index (χ1v) is 8.20. The standard InChI is InChI=1S/C15H12N4O6S/c1-3-24-15(21)12-8(2)11-13(26-12)16-7-18(14(11)20)17-6-9-4-5-10(25-9)19(22)23/h4-7H,3H2,1-2H3/b17-6-. The number of nitrogens with zero attached hydrogens (tertiary/aromatic N) is 4. The third-order valence-corrected chi connectivity index (χ3v) is 4.58. The Morgan fingerprint density at radius 1 is 1.54 bits per heavy atom. The predicted octanol–water partition coefficient (Wildman–Crippen LogP) is 2.33. The first-order valence-electron chi connectivity index (χ1n) is 7.38. The molecule has 11 heteroatoms. The summed E-state index contributed by atoms with van der Waals surface area (Å²) in [4.78, 5) is 39.3. The van der Waals surface area contributed by atoms with Crippen LogP contribution in [0.5, 0.6) is 0 Å². The third kappa shape index (κ3) is 3.11. The average Bonchev–Trinajstić information content (AvgIpc) is 3.20. The molecule has 0 N–H and O–H groups in total. The van der Waals surface area contributed by atoms with Crippen molar-refractivity contribution in [3.63, 3.8) is 0 Å². The van der Waals surface area contributed by atoms with Crippen molar-refractivity contribution in [2.24, 2.45) is 5.10 Å². The number of furan rings is 1. The first kappa shape index (κ1) is 17.5. The van der Waals surface area contributed by atoms with Gasteiger partial charge in [-0.05, 0) is 25.5 Å². The molecule has 134 valence electrons. The molecule has 26 heavy (non-hydrogen) atoms. The van der Waals surface area contributed by atoms with Crippen molar-refractivity contribution in [2.75, 3.05) is 6.61 Å². The van der Waals surface area contributed by atoms with Gasteiger partial charge in [0.15, 0.2) is 5.76 Å². The Bertz CT molecular complexity index is 1090. The van der Waals surface area contributed by atoms with Crippen molar-refractivity contribution in [3.8, 4) is 0 Å². The SMILES string of the molecule is CCOC(=O)c1sc2ncn(/N=C\c3ccc([N+](=O)[O-])o3)c(=O)c2c1C. The van der Waals surface area contributed by atoms with Crippen molar-refractivity contribution < 1.29 is 18.9 Å². The Morgan fingerprint density at radius 2 is 2.31 bits per heavy atom. The highest BCUT2D eigenvalue weighted by molar-refractivity contribution is 7.20. The molecule has 10 nitrogen and oxygen atoms in total. The number of aromatic nitrogens is 2. The molecule has 0 aliphatic carbocycles. The monoisotopic (exact) mass is 376 g/mol. The van der Waals surface area contributed by atoms with Crippen LogP contribution in [0.3, 0.4) is 0 Å². The van der Waals surface area contributed by atoms with E-state index < -0.39 is 22.3 Å². The van der Waals surface area contributed by atoms with Gasteiger partial charge in [-0.3, -0.25) is 14.9 Å². The highest BCUT2D eigenvalue weighted by Crippen LogP contribution is 2.27. The minimum absolute atomic E-state index is 0.109. The van der Waals surface area contributed by atoms with Gasteiger partial charge in [-0.2, -0.15) is 9.78 Å². The zero-order chi connectivity index (χ0) is 18.8. The molecule has 0 saturated carbocycles. The van der Waals surface area contributed by atoms with E-state index in [1.165, 1.54) is 18.5 Å². The molecule has 0 saturated heterocycles. The van der Waals surface area contributed by atoms with Crippen molar-refractivity contribution in [1.29, 1.82) is 0 Å². The highest BCUT2D eigenvalue weighted by Gasteiger charge is 2.20. The van der Waals surface area contributed by atoms with Crippen LogP contribution in [-0.4, -0.2) is 33.4 Å². The second kappa shape index (κ2) is 6.88. The Kier molecular flexibility index (Phi) is 4.63. The number of carbonyl (C=O) groups is 1. The molecule has 0 unspecified atom stereocenters. The van der Waals surface area contributed by atoms with Crippen molar-refractivity contribution in [3.05, 3.63) is 55.1 Å². The van der Waals surface area contributed by atoms with Crippen LogP contribution in [0.25, 0.3) is 10.2 Å². The van der Waals surface area contributed by atoms with E-state index in [0.717, 1.165) is 22.2 Å². The fraction of sp³-hybridized carbons (Fsp3) is 0.200. The van der Waals surface area contributed by atoms with E-state index in [-0.39, 0.29) is 17.8 Å². The van der Waals surface area contributed by atoms with Gasteiger partial charge in [-0.1, -0.05) is 0 Å². The lowest BCUT2D eigenvalue weighted by Gasteiger charge is -1.99. The Hall–Kier alpha value is -3.34. The lowest BCUT2D eigenvalue weighted by atomic mass is 10.2. The Balaban J connectivity index is 1.99. The lowest BCUT2D eigenvalue weighted by Crippen LogP contribution is -2.17. The zero-order valence-corrected chi connectivity index (χ0v) is 14.5. The Labute approximate surface area is 149 Å². The fourth-order valence-corrected chi connectivity index (χ4v) is 3.25. The van der Waals surface area contributed by atoms with Crippen molar-refractivity contribution >= 4 is 39.6 Å². The summed E-state index contributed by atoms with van der Waals surface area (Å²) >= 11 is 1.07. The molecule has 0 aliphatic rings. The smallest absolute Gasteiger partial charge is 0.433 e. The van der Waals surface area contributed by atoms with E-state index in [1.807, 2.05) is 0 Å². The van der Waals surface area contributed by atoms with Crippen LogP contribution >= 0.6 is 11.3 Å². The molecule has 0 atom stereocenters. The van der Waals surface area contributed by atoms with Gasteiger partial charge in [-0.25, -0.2) is 9.78 Å². The van der Waals surface area contributed by atoms with Crippen LogP contribution in [0.4, 0.5) is 5.88 Å². The maximum absolute atomic E-state index is 12.6. The summed E-state index contributed by atoms with van der Waals surface area (Å²) in [6.07, 6.45) is 2.36. The second-order valence-corrected chi connectivity index (χ2v) is 6.03. The van der Waals surface area contributed by atoms with Gasteiger partial charge < -0.3 is 9.15 Å². The van der Waals surface area contributed by atoms with Gasteiger partial charge in [-0.15, -0.1) is 11.3 Å². The van der Waals surface area contributed by atoms with E-state index in [1.54, 1.807) is 13.8 Å². The molecule has 0 fully saturated rings. The largest absolute Gasteiger partial charge is 0.462 e. The van der Waals surface area contributed by atoms with Gasteiger partial charge in [0.05, 0.1) is 24.3 Å². The number of fused-ring (bicyclic) bond motifs is 1. The van der Waals surface area contributed by atoms with E-state index in [0.29, 0.717) is 15.3 Å². The summed E-state index contributed by atoms with van der Waals surface area (Å²) in [6, 6.07) is 2.54. The minimum atomic E-state index is -0.678. The number of rotatable bonds is 5. The Morgan fingerprint density at radius 3 is 2.96 bits per heavy atom. The summed E-state index contributed by atoms with van der Waals surface area (Å²) in [5, 5.41) is 14.8. The topological polar surface area (TPSA) is 130 Å². The molecule has 3 aromatic heterocycles. The van der Waals surface area contributed by atoms with Crippen LogP contribution in [0.2, 0.25) is 0 Å². The first-order chi connectivity index (χ1) is 12.4. The minimum Gasteiger partial charge on any atom is -0.462 e. The molecule has 3 heterocycles. The fourth-order valence-electron chi connectivity index (χ4n) is 2.22. The quantitative estimate of drug-likeness (QED) is 0.289. The summed E-state index contributed by atoms with van der Waals surface area (Å²) in [5.41, 5.74) is -0.00394. The molecule has 0 spiro atoms. The second-order valence-electron chi connectivity index (χ2n) is 5.03. The molecule has 0 aromatic carbocycles. The maximum atomic E-state index is 12.6. The van der Waals surface area contributed by atoms with Crippen molar-refractivity contribution in [2.45, 2.75) is 13.8 Å². The van der Waals surface area contributed by atoms with Gasteiger partial charge in [0.25, 0.3) is 5.56 Å². The van der Waals surface area contributed by atoms with Gasteiger partial charge in [0.2, 0.25) is 0 Å². The number of nitro groups is 1. The number of thiophene rings is 1. The number of esters is 1. The highest BCUT2D eigenvalue weighted by atomic mass is 32.1. The van der Waals surface area contributed by atoms with Gasteiger partial charge in [0, 0.05) is 0 Å². The predicted molar refractivity (Wildman–Crippen MR) is 92.9 cm³/mol. The zero-order valence-electron chi connectivity index (χ0n) is 13.7. The number of hydrogen-bond acceptors (Lipinski definition) is 9. The molecular weight excluding hydrogens is 364 g/mol. The third-order valence-electron chi connectivity index (χ3n) is 3.40. The van der Waals surface area contributed by atoms with Gasteiger partial charge in [0.1, 0.15) is 21.0 Å². The lowest BCUT2D eigenvalue weighted by molar-refractivity contribution is -0.402. The average molecular weight is 376 g/mol. The van der Waals surface area contributed by atoms with Crippen LogP contribution < -0.4 is 5.56 Å². The maximum Gasteiger partial charge on any atom is 0.433 e. The summed E-state index contributed by atoms with van der Waals surface area (Å²) in [7, 11) is 0. The number of ether oxygens (including phenoxy) is 1. The molecule has 0 bridgehead atoms. The number of aryl methyl sites for hydroxylation is 1. The molecule has 0 aliphatic heterocycles. The summed E-state index contributed by atoms with van der Waals surface area (Å²) in [5.74, 6) is -0.830. The van der Waals surface area contributed by atoms with Crippen LogP contribution in [0.1, 0.15) is 27.9 Å². The van der Waals surface area contributed by atoms with Crippen LogP contribution in [-0.2, 0) is 4.74 Å². The van der Waals surface area contributed by atoms with E-state index >= 15 is 0 Å². The van der Waals surface area contributed by atoms with Gasteiger partial charge >= 0.3 is 11.9 Å². The molecule has 3 rings (SSSR count). The summed E-state index contributed by atoms with van der Waals surface area (Å²) < 4.78 is 10.9. The molecule has 0 amide bonds. The van der Waals surface area contributed by atoms with E-state index in [4.69, 9.17) is 9.15 Å². The number of carbonyl (C=O) groups excluding carboxylic acids is 1.